The van der Waals surface area contributed by atoms with Crippen molar-refractivity contribution in [3.05, 3.63) is 0 Å². The Hall–Kier alpha value is -0.0800. The van der Waals surface area contributed by atoms with Gasteiger partial charge in [0.2, 0.25) is 0 Å². The summed E-state index contributed by atoms with van der Waals surface area (Å²) in [6.07, 6.45) is 4.12. The fourth-order valence-corrected chi connectivity index (χ4v) is 3.20. The van der Waals surface area contributed by atoms with Gasteiger partial charge in [0.1, 0.15) is 0 Å². The van der Waals surface area contributed by atoms with Gasteiger partial charge in [-0.2, -0.15) is 0 Å². The minimum absolute atomic E-state index is 0.462. The number of hydrogen-bond acceptors (Lipinski definition) is 2. The van der Waals surface area contributed by atoms with E-state index in [-0.39, 0.29) is 0 Å². The standard InChI is InChI=1S/C11H22N2/c1-9(2)11(5-3-6-13-11)10-4-7-12-8-10/h9-10,12-13H,3-8H2,1-2H3. The lowest BCUT2D eigenvalue weighted by atomic mass is 9.74. The van der Waals surface area contributed by atoms with Crippen molar-refractivity contribution in [1.29, 1.82) is 0 Å². The lowest BCUT2D eigenvalue weighted by Crippen LogP contribution is -2.51. The van der Waals surface area contributed by atoms with Gasteiger partial charge in [0.05, 0.1) is 0 Å². The molecular formula is C11H22N2. The van der Waals surface area contributed by atoms with Crippen LogP contribution in [0.2, 0.25) is 0 Å². The number of hydrogen-bond donors (Lipinski definition) is 2. The summed E-state index contributed by atoms with van der Waals surface area (Å²) >= 11 is 0. The molecule has 2 heterocycles. The molecule has 2 heteroatoms. The summed E-state index contributed by atoms with van der Waals surface area (Å²) < 4.78 is 0. The molecule has 2 atom stereocenters. The van der Waals surface area contributed by atoms with Crippen LogP contribution in [-0.4, -0.2) is 25.2 Å². The first-order valence-electron chi connectivity index (χ1n) is 5.71. The molecule has 0 spiro atoms. The zero-order valence-electron chi connectivity index (χ0n) is 8.90. The Morgan fingerprint density at radius 1 is 1.31 bits per heavy atom. The first-order valence-corrected chi connectivity index (χ1v) is 5.71. The Kier molecular flexibility index (Phi) is 2.61. The summed E-state index contributed by atoms with van der Waals surface area (Å²) in [6.45, 7) is 8.42. The summed E-state index contributed by atoms with van der Waals surface area (Å²) in [7, 11) is 0. The first-order chi connectivity index (χ1) is 6.26. The van der Waals surface area contributed by atoms with Gasteiger partial charge in [0.25, 0.3) is 0 Å². The minimum atomic E-state index is 0.462. The zero-order chi connectivity index (χ0) is 9.31. The van der Waals surface area contributed by atoms with Crippen molar-refractivity contribution in [3.8, 4) is 0 Å². The molecule has 76 valence electrons. The summed E-state index contributed by atoms with van der Waals surface area (Å²) in [6, 6.07) is 0. The molecule has 0 bridgehead atoms. The molecule has 2 aliphatic rings. The smallest absolute Gasteiger partial charge is 0.0245 e. The summed E-state index contributed by atoms with van der Waals surface area (Å²) in [5, 5.41) is 7.26. The molecule has 13 heavy (non-hydrogen) atoms. The average Bonchev–Trinajstić information content (AvgIpc) is 2.75. The van der Waals surface area contributed by atoms with Crippen molar-refractivity contribution in [3.63, 3.8) is 0 Å². The predicted molar refractivity (Wildman–Crippen MR) is 55.8 cm³/mol. The van der Waals surface area contributed by atoms with Gasteiger partial charge < -0.3 is 10.6 Å². The van der Waals surface area contributed by atoms with Gasteiger partial charge in [0.15, 0.2) is 0 Å². The molecule has 2 aliphatic heterocycles. The monoisotopic (exact) mass is 182 g/mol. The fraction of sp³-hybridized carbons (Fsp3) is 1.00. The van der Waals surface area contributed by atoms with E-state index in [1.807, 2.05) is 0 Å². The second kappa shape index (κ2) is 3.58. The van der Waals surface area contributed by atoms with Crippen molar-refractivity contribution in [1.82, 2.24) is 10.6 Å². The SMILES string of the molecule is CC(C)C1(C2CCNC2)CCCN1. The highest BCUT2D eigenvalue weighted by Gasteiger charge is 2.44. The third-order valence-corrected chi connectivity index (χ3v) is 4.04. The molecule has 0 aliphatic carbocycles. The van der Waals surface area contributed by atoms with Gasteiger partial charge in [-0.1, -0.05) is 13.8 Å². The summed E-state index contributed by atoms with van der Waals surface area (Å²) in [5.41, 5.74) is 0.462. The molecular weight excluding hydrogens is 160 g/mol. The number of nitrogens with one attached hydrogen (secondary N) is 2. The fourth-order valence-electron chi connectivity index (χ4n) is 3.20. The van der Waals surface area contributed by atoms with E-state index in [0.717, 1.165) is 11.8 Å². The quantitative estimate of drug-likeness (QED) is 0.674. The van der Waals surface area contributed by atoms with Gasteiger partial charge in [-0.05, 0) is 50.7 Å². The van der Waals surface area contributed by atoms with Crippen molar-refractivity contribution in [2.75, 3.05) is 19.6 Å². The summed E-state index contributed by atoms with van der Waals surface area (Å²) in [4.78, 5) is 0. The summed E-state index contributed by atoms with van der Waals surface area (Å²) in [5.74, 6) is 1.65. The highest BCUT2D eigenvalue weighted by atomic mass is 15.0. The maximum Gasteiger partial charge on any atom is 0.0245 e. The molecule has 0 aromatic heterocycles. The Labute approximate surface area is 81.5 Å². The van der Waals surface area contributed by atoms with Crippen molar-refractivity contribution in [2.24, 2.45) is 11.8 Å². The largest absolute Gasteiger partial charge is 0.316 e. The lowest BCUT2D eigenvalue weighted by molar-refractivity contribution is 0.179. The third kappa shape index (κ3) is 1.50. The highest BCUT2D eigenvalue weighted by molar-refractivity contribution is 5.02. The number of rotatable bonds is 2. The van der Waals surface area contributed by atoms with Crippen LogP contribution >= 0.6 is 0 Å². The molecule has 2 nitrogen and oxygen atoms in total. The molecule has 2 N–H and O–H groups in total. The molecule has 2 fully saturated rings. The van der Waals surface area contributed by atoms with E-state index in [9.17, 15) is 0 Å². The maximum absolute atomic E-state index is 3.77. The van der Waals surface area contributed by atoms with Crippen molar-refractivity contribution in [2.45, 2.75) is 38.6 Å². The van der Waals surface area contributed by atoms with Crippen LogP contribution in [-0.2, 0) is 0 Å². The zero-order valence-corrected chi connectivity index (χ0v) is 8.90. The Balaban J connectivity index is 2.11. The lowest BCUT2D eigenvalue weighted by Gasteiger charge is -2.39. The third-order valence-electron chi connectivity index (χ3n) is 4.04. The second-order valence-corrected chi connectivity index (χ2v) is 4.92. The van der Waals surface area contributed by atoms with Crippen LogP contribution in [0.4, 0.5) is 0 Å². The van der Waals surface area contributed by atoms with Gasteiger partial charge in [-0.15, -0.1) is 0 Å². The normalized spacial score (nSPS) is 40.4. The minimum Gasteiger partial charge on any atom is -0.316 e. The van der Waals surface area contributed by atoms with E-state index >= 15 is 0 Å². The highest BCUT2D eigenvalue weighted by Crippen LogP contribution is 2.37. The average molecular weight is 182 g/mol. The van der Waals surface area contributed by atoms with Crippen molar-refractivity contribution >= 4 is 0 Å². The Morgan fingerprint density at radius 2 is 2.15 bits per heavy atom. The molecule has 2 rings (SSSR count). The topological polar surface area (TPSA) is 24.1 Å². The van der Waals surface area contributed by atoms with E-state index in [1.165, 1.54) is 38.9 Å². The van der Waals surface area contributed by atoms with Crippen LogP contribution < -0.4 is 10.6 Å². The Morgan fingerprint density at radius 3 is 2.62 bits per heavy atom. The van der Waals surface area contributed by atoms with Gasteiger partial charge in [-0.3, -0.25) is 0 Å². The molecule has 0 saturated carbocycles. The van der Waals surface area contributed by atoms with Gasteiger partial charge >= 0.3 is 0 Å². The predicted octanol–water partition coefficient (Wildman–Crippen LogP) is 1.37. The van der Waals surface area contributed by atoms with Crippen LogP contribution in [0.15, 0.2) is 0 Å². The van der Waals surface area contributed by atoms with Gasteiger partial charge in [0, 0.05) is 5.54 Å². The van der Waals surface area contributed by atoms with Crippen LogP contribution in [0.1, 0.15) is 33.1 Å². The molecule has 2 saturated heterocycles. The first kappa shape index (κ1) is 9.47. The Bertz CT molecular complexity index is 165. The van der Waals surface area contributed by atoms with E-state index in [0.29, 0.717) is 5.54 Å². The molecule has 0 radical (unpaired) electrons. The van der Waals surface area contributed by atoms with E-state index in [2.05, 4.69) is 24.5 Å². The van der Waals surface area contributed by atoms with Crippen LogP contribution in [0.25, 0.3) is 0 Å². The second-order valence-electron chi connectivity index (χ2n) is 4.92. The van der Waals surface area contributed by atoms with Crippen LogP contribution in [0.3, 0.4) is 0 Å². The van der Waals surface area contributed by atoms with Crippen LogP contribution in [0, 0.1) is 11.8 Å². The van der Waals surface area contributed by atoms with E-state index < -0.39 is 0 Å². The molecule has 0 amide bonds. The van der Waals surface area contributed by atoms with E-state index in [4.69, 9.17) is 0 Å². The van der Waals surface area contributed by atoms with E-state index in [1.54, 1.807) is 0 Å². The van der Waals surface area contributed by atoms with Crippen LogP contribution in [0.5, 0.6) is 0 Å². The van der Waals surface area contributed by atoms with Gasteiger partial charge in [-0.25, -0.2) is 0 Å². The molecule has 2 unspecified atom stereocenters. The maximum atomic E-state index is 3.77. The molecule has 0 aromatic carbocycles. The molecule has 0 aromatic rings. The van der Waals surface area contributed by atoms with Crippen molar-refractivity contribution < 1.29 is 0 Å².